The minimum absolute atomic E-state index is 0.434. The van der Waals surface area contributed by atoms with Gasteiger partial charge in [0.15, 0.2) is 0 Å². The van der Waals surface area contributed by atoms with Gasteiger partial charge in [-0.15, -0.1) is 0 Å². The predicted octanol–water partition coefficient (Wildman–Crippen LogP) is 3.48. The maximum atomic E-state index is 5.66. The van der Waals surface area contributed by atoms with E-state index in [4.69, 9.17) is 4.74 Å². The van der Waals surface area contributed by atoms with Crippen molar-refractivity contribution in [1.29, 1.82) is 0 Å². The Bertz CT molecular complexity index is 97.2. The standard InChI is InChI=1S/C11H24O/c1-9(2)6-7-12-11(5)8-10(3)4/h9-11H,6-8H2,1-5H3. The van der Waals surface area contributed by atoms with Gasteiger partial charge in [0.2, 0.25) is 0 Å². The summed E-state index contributed by atoms with van der Waals surface area (Å²) in [6.07, 6.45) is 2.80. The van der Waals surface area contributed by atoms with Crippen LogP contribution in [0.2, 0.25) is 0 Å². The molecule has 0 radical (unpaired) electrons. The van der Waals surface area contributed by atoms with Gasteiger partial charge in [0.05, 0.1) is 6.10 Å². The van der Waals surface area contributed by atoms with Gasteiger partial charge in [-0.05, 0) is 31.6 Å². The van der Waals surface area contributed by atoms with E-state index in [0.717, 1.165) is 18.4 Å². The van der Waals surface area contributed by atoms with Gasteiger partial charge in [0, 0.05) is 6.61 Å². The van der Waals surface area contributed by atoms with E-state index < -0.39 is 0 Å². The first-order valence-electron chi connectivity index (χ1n) is 5.14. The van der Waals surface area contributed by atoms with Gasteiger partial charge in [-0.3, -0.25) is 0 Å². The Morgan fingerprint density at radius 1 is 0.917 bits per heavy atom. The van der Waals surface area contributed by atoms with Crippen molar-refractivity contribution in [1.82, 2.24) is 0 Å². The van der Waals surface area contributed by atoms with Gasteiger partial charge in [-0.1, -0.05) is 27.7 Å². The summed E-state index contributed by atoms with van der Waals surface area (Å²) in [4.78, 5) is 0. The van der Waals surface area contributed by atoms with Crippen LogP contribution in [0, 0.1) is 11.8 Å². The second-order valence-corrected chi connectivity index (χ2v) is 4.49. The first kappa shape index (κ1) is 12.0. The second-order valence-electron chi connectivity index (χ2n) is 4.49. The molecular formula is C11H24O. The van der Waals surface area contributed by atoms with Crippen LogP contribution in [0.1, 0.15) is 47.5 Å². The average Bonchev–Trinajstić information content (AvgIpc) is 1.84. The number of hydrogen-bond acceptors (Lipinski definition) is 1. The van der Waals surface area contributed by atoms with Crippen LogP contribution >= 0.6 is 0 Å². The minimum atomic E-state index is 0.434. The zero-order valence-electron chi connectivity index (χ0n) is 9.26. The molecule has 0 aromatic heterocycles. The van der Waals surface area contributed by atoms with Crippen LogP contribution in [0.25, 0.3) is 0 Å². The van der Waals surface area contributed by atoms with E-state index >= 15 is 0 Å². The van der Waals surface area contributed by atoms with Crippen molar-refractivity contribution < 1.29 is 4.74 Å². The molecule has 0 saturated heterocycles. The fourth-order valence-corrected chi connectivity index (χ4v) is 1.24. The summed E-state index contributed by atoms with van der Waals surface area (Å²) < 4.78 is 5.66. The van der Waals surface area contributed by atoms with E-state index in [1.165, 1.54) is 12.8 Å². The predicted molar refractivity (Wildman–Crippen MR) is 54.3 cm³/mol. The van der Waals surface area contributed by atoms with Gasteiger partial charge < -0.3 is 4.74 Å². The lowest BCUT2D eigenvalue weighted by Crippen LogP contribution is -2.12. The highest BCUT2D eigenvalue weighted by Gasteiger charge is 2.04. The third-order valence-corrected chi connectivity index (χ3v) is 1.90. The molecule has 0 aliphatic carbocycles. The summed E-state index contributed by atoms with van der Waals surface area (Å²) in [6, 6.07) is 0. The molecule has 0 aliphatic heterocycles. The second kappa shape index (κ2) is 6.47. The zero-order valence-corrected chi connectivity index (χ0v) is 9.26. The Morgan fingerprint density at radius 3 is 1.92 bits per heavy atom. The van der Waals surface area contributed by atoms with Crippen molar-refractivity contribution >= 4 is 0 Å². The molecule has 1 nitrogen and oxygen atoms in total. The van der Waals surface area contributed by atoms with E-state index in [-0.39, 0.29) is 0 Å². The summed E-state index contributed by atoms with van der Waals surface area (Å²) in [5.74, 6) is 1.51. The molecule has 1 atom stereocenters. The SMILES string of the molecule is CC(C)CCOC(C)CC(C)C. The first-order valence-corrected chi connectivity index (χ1v) is 5.14. The monoisotopic (exact) mass is 172 g/mol. The van der Waals surface area contributed by atoms with Crippen LogP contribution in [0.15, 0.2) is 0 Å². The van der Waals surface area contributed by atoms with Crippen molar-refractivity contribution in [2.45, 2.75) is 53.6 Å². The quantitative estimate of drug-likeness (QED) is 0.596. The average molecular weight is 172 g/mol. The molecule has 12 heavy (non-hydrogen) atoms. The normalized spacial score (nSPS) is 14.2. The molecular weight excluding hydrogens is 148 g/mol. The lowest BCUT2D eigenvalue weighted by Gasteiger charge is -2.15. The molecule has 0 aromatic carbocycles. The smallest absolute Gasteiger partial charge is 0.0549 e. The Kier molecular flexibility index (Phi) is 6.45. The Hall–Kier alpha value is -0.0400. The van der Waals surface area contributed by atoms with Crippen molar-refractivity contribution in [3.05, 3.63) is 0 Å². The van der Waals surface area contributed by atoms with Gasteiger partial charge in [-0.25, -0.2) is 0 Å². The Labute approximate surface area is 77.5 Å². The highest BCUT2D eigenvalue weighted by molar-refractivity contribution is 4.54. The van der Waals surface area contributed by atoms with Crippen LogP contribution in [-0.2, 0) is 4.74 Å². The van der Waals surface area contributed by atoms with Gasteiger partial charge in [-0.2, -0.15) is 0 Å². The first-order chi connectivity index (χ1) is 5.52. The molecule has 1 heteroatoms. The van der Waals surface area contributed by atoms with Crippen LogP contribution in [0.5, 0.6) is 0 Å². The van der Waals surface area contributed by atoms with Gasteiger partial charge in [0.1, 0.15) is 0 Å². The summed E-state index contributed by atoms with van der Waals surface area (Å²) in [5, 5.41) is 0. The summed E-state index contributed by atoms with van der Waals surface area (Å²) in [5.41, 5.74) is 0. The van der Waals surface area contributed by atoms with Crippen molar-refractivity contribution in [3.63, 3.8) is 0 Å². The molecule has 0 aromatic rings. The minimum Gasteiger partial charge on any atom is -0.378 e. The van der Waals surface area contributed by atoms with Gasteiger partial charge >= 0.3 is 0 Å². The number of hydrogen-bond donors (Lipinski definition) is 0. The highest BCUT2D eigenvalue weighted by atomic mass is 16.5. The third-order valence-electron chi connectivity index (χ3n) is 1.90. The summed E-state index contributed by atoms with van der Waals surface area (Å²) in [7, 11) is 0. The van der Waals surface area contributed by atoms with Crippen LogP contribution in [0.4, 0.5) is 0 Å². The summed E-state index contributed by atoms with van der Waals surface area (Å²) >= 11 is 0. The molecule has 0 spiro atoms. The van der Waals surface area contributed by atoms with Crippen LogP contribution < -0.4 is 0 Å². The van der Waals surface area contributed by atoms with E-state index in [1.807, 2.05) is 0 Å². The lowest BCUT2D eigenvalue weighted by atomic mass is 10.1. The molecule has 0 N–H and O–H groups in total. The van der Waals surface area contributed by atoms with Crippen LogP contribution in [-0.4, -0.2) is 12.7 Å². The van der Waals surface area contributed by atoms with Crippen molar-refractivity contribution in [2.75, 3.05) is 6.61 Å². The fourth-order valence-electron chi connectivity index (χ4n) is 1.24. The molecule has 0 saturated carbocycles. The fraction of sp³-hybridized carbons (Fsp3) is 1.00. The van der Waals surface area contributed by atoms with Crippen LogP contribution in [0.3, 0.4) is 0 Å². The molecule has 0 rings (SSSR count). The van der Waals surface area contributed by atoms with Crippen molar-refractivity contribution in [3.8, 4) is 0 Å². The largest absolute Gasteiger partial charge is 0.378 e. The zero-order chi connectivity index (χ0) is 9.56. The maximum Gasteiger partial charge on any atom is 0.0549 e. The van der Waals surface area contributed by atoms with E-state index in [1.54, 1.807) is 0 Å². The highest BCUT2D eigenvalue weighted by Crippen LogP contribution is 2.09. The molecule has 74 valence electrons. The Balaban J connectivity index is 3.25. The van der Waals surface area contributed by atoms with E-state index in [0.29, 0.717) is 6.10 Å². The molecule has 0 aliphatic rings. The molecule has 1 unspecified atom stereocenters. The molecule has 0 heterocycles. The van der Waals surface area contributed by atoms with Crippen molar-refractivity contribution in [2.24, 2.45) is 11.8 Å². The van der Waals surface area contributed by atoms with Gasteiger partial charge in [0.25, 0.3) is 0 Å². The van der Waals surface area contributed by atoms with E-state index in [9.17, 15) is 0 Å². The lowest BCUT2D eigenvalue weighted by molar-refractivity contribution is 0.0455. The van der Waals surface area contributed by atoms with E-state index in [2.05, 4.69) is 34.6 Å². The molecule has 0 amide bonds. The Morgan fingerprint density at radius 2 is 1.50 bits per heavy atom. The third kappa shape index (κ3) is 8.06. The number of rotatable bonds is 6. The molecule has 0 fully saturated rings. The topological polar surface area (TPSA) is 9.23 Å². The number of ether oxygens (including phenoxy) is 1. The molecule has 0 bridgehead atoms. The summed E-state index contributed by atoms with van der Waals surface area (Å²) in [6.45, 7) is 12.0. The maximum absolute atomic E-state index is 5.66.